The van der Waals surface area contributed by atoms with Gasteiger partial charge in [-0.3, -0.25) is 4.99 Å². The molecular formula is C20H33N3O2S. The molecule has 146 valence electrons. The highest BCUT2D eigenvalue weighted by Gasteiger charge is 2.29. The van der Waals surface area contributed by atoms with Crippen LogP contribution in [0.3, 0.4) is 0 Å². The normalized spacial score (nSPS) is 22.8. The summed E-state index contributed by atoms with van der Waals surface area (Å²) in [6.07, 6.45) is 1.87. The first-order valence-corrected chi connectivity index (χ1v) is 10.5. The molecule has 0 spiro atoms. The van der Waals surface area contributed by atoms with Crippen molar-refractivity contribution in [3.05, 3.63) is 35.9 Å². The molecule has 0 aliphatic carbocycles. The zero-order valence-corrected chi connectivity index (χ0v) is 17.0. The Morgan fingerprint density at radius 1 is 1.35 bits per heavy atom. The van der Waals surface area contributed by atoms with Crippen LogP contribution < -0.4 is 10.6 Å². The van der Waals surface area contributed by atoms with Crippen LogP contribution in [0.4, 0.5) is 0 Å². The Morgan fingerprint density at radius 2 is 2.12 bits per heavy atom. The second-order valence-corrected chi connectivity index (χ2v) is 8.70. The van der Waals surface area contributed by atoms with Crippen LogP contribution in [0.1, 0.15) is 45.3 Å². The number of guanidine groups is 1. The summed E-state index contributed by atoms with van der Waals surface area (Å²) in [5.41, 5.74) is 1.12. The maximum absolute atomic E-state index is 10.2. The third-order valence-electron chi connectivity index (χ3n) is 4.53. The van der Waals surface area contributed by atoms with Crippen LogP contribution in [-0.4, -0.2) is 53.9 Å². The zero-order valence-electron chi connectivity index (χ0n) is 16.2. The van der Waals surface area contributed by atoms with E-state index in [4.69, 9.17) is 9.73 Å². The Morgan fingerprint density at radius 3 is 2.77 bits per heavy atom. The van der Waals surface area contributed by atoms with Crippen LogP contribution in [-0.2, 0) is 4.74 Å². The van der Waals surface area contributed by atoms with Crippen LogP contribution in [0.15, 0.2) is 35.3 Å². The van der Waals surface area contributed by atoms with E-state index < -0.39 is 6.10 Å². The zero-order chi connectivity index (χ0) is 18.8. The first kappa shape index (κ1) is 21.1. The van der Waals surface area contributed by atoms with E-state index in [1.807, 2.05) is 55.9 Å². The number of hydrogen-bond acceptors (Lipinski definition) is 4. The molecule has 1 heterocycles. The van der Waals surface area contributed by atoms with E-state index >= 15 is 0 Å². The maximum atomic E-state index is 10.2. The molecule has 0 radical (unpaired) electrons. The van der Waals surface area contributed by atoms with Crippen LogP contribution in [0.2, 0.25) is 0 Å². The van der Waals surface area contributed by atoms with E-state index in [1.165, 1.54) is 18.6 Å². The first-order chi connectivity index (χ1) is 12.5. The lowest BCUT2D eigenvalue weighted by Gasteiger charge is -2.22. The predicted molar refractivity (Wildman–Crippen MR) is 111 cm³/mol. The molecule has 0 aromatic heterocycles. The van der Waals surface area contributed by atoms with Gasteiger partial charge < -0.3 is 20.5 Å². The van der Waals surface area contributed by atoms with Gasteiger partial charge in [-0.25, -0.2) is 0 Å². The second kappa shape index (κ2) is 10.8. The molecule has 0 amide bonds. The lowest BCUT2D eigenvalue weighted by molar-refractivity contribution is -0.000599. The smallest absolute Gasteiger partial charge is 0.191 e. The Hall–Kier alpha value is -1.24. The Labute approximate surface area is 162 Å². The van der Waals surface area contributed by atoms with Crippen molar-refractivity contribution in [3.63, 3.8) is 0 Å². The Kier molecular flexibility index (Phi) is 8.75. The maximum Gasteiger partial charge on any atom is 0.191 e. The lowest BCUT2D eigenvalue weighted by Crippen LogP contribution is -2.43. The molecule has 3 atom stereocenters. The topological polar surface area (TPSA) is 65.9 Å². The number of rotatable bonds is 9. The predicted octanol–water partition coefficient (Wildman–Crippen LogP) is 2.97. The fourth-order valence-electron chi connectivity index (χ4n) is 2.90. The molecule has 26 heavy (non-hydrogen) atoms. The number of benzene rings is 1. The van der Waals surface area contributed by atoms with E-state index in [1.54, 1.807) is 0 Å². The van der Waals surface area contributed by atoms with Gasteiger partial charge in [-0.2, -0.15) is 11.8 Å². The summed E-state index contributed by atoms with van der Waals surface area (Å²) >= 11 is 2.01. The van der Waals surface area contributed by atoms with Gasteiger partial charge in [0.1, 0.15) is 0 Å². The number of hydrogen-bond donors (Lipinski definition) is 3. The second-order valence-electron chi connectivity index (χ2n) is 7.02. The Bertz CT molecular complexity index is 547. The third-order valence-corrected chi connectivity index (χ3v) is 6.05. The van der Waals surface area contributed by atoms with Crippen LogP contribution in [0.25, 0.3) is 0 Å². The summed E-state index contributed by atoms with van der Waals surface area (Å²) in [7, 11) is 0. The van der Waals surface area contributed by atoms with Crippen molar-refractivity contribution in [2.75, 3.05) is 32.0 Å². The van der Waals surface area contributed by atoms with Crippen molar-refractivity contribution in [1.82, 2.24) is 10.6 Å². The van der Waals surface area contributed by atoms with E-state index in [-0.39, 0.29) is 17.5 Å². The van der Waals surface area contributed by atoms with E-state index in [0.29, 0.717) is 6.54 Å². The van der Waals surface area contributed by atoms with Gasteiger partial charge in [0.2, 0.25) is 0 Å². The fraction of sp³-hybridized carbons (Fsp3) is 0.650. The number of ether oxygens (including phenoxy) is 1. The van der Waals surface area contributed by atoms with Crippen molar-refractivity contribution in [2.24, 2.45) is 4.99 Å². The minimum absolute atomic E-state index is 0.0351. The molecule has 3 N–H and O–H groups in total. The fourth-order valence-corrected chi connectivity index (χ4v) is 4.12. The SMILES string of the molecule is CCNC(=NCC1(C)CCCS1)NCC(O)COC(C)c1ccccc1. The molecule has 1 aliphatic heterocycles. The molecule has 3 unspecified atom stereocenters. The largest absolute Gasteiger partial charge is 0.389 e. The van der Waals surface area contributed by atoms with Gasteiger partial charge in [-0.05, 0) is 44.9 Å². The number of thioether (sulfide) groups is 1. The summed E-state index contributed by atoms with van der Waals surface area (Å²) in [4.78, 5) is 4.70. The van der Waals surface area contributed by atoms with Gasteiger partial charge in [-0.1, -0.05) is 30.3 Å². The van der Waals surface area contributed by atoms with Crippen molar-refractivity contribution in [1.29, 1.82) is 0 Å². The number of aliphatic imine (C=N–C) groups is 1. The molecule has 5 nitrogen and oxygen atoms in total. The number of nitrogens with one attached hydrogen (secondary N) is 2. The quantitative estimate of drug-likeness (QED) is 0.455. The summed E-state index contributed by atoms with van der Waals surface area (Å²) < 4.78 is 6.03. The number of nitrogens with zero attached hydrogens (tertiary/aromatic N) is 1. The van der Waals surface area contributed by atoms with Gasteiger partial charge in [0.25, 0.3) is 0 Å². The summed E-state index contributed by atoms with van der Waals surface area (Å²) in [5, 5.41) is 16.7. The van der Waals surface area contributed by atoms with E-state index in [2.05, 4.69) is 17.6 Å². The van der Waals surface area contributed by atoms with Crippen molar-refractivity contribution >= 4 is 17.7 Å². The Balaban J connectivity index is 1.74. The molecule has 1 aromatic carbocycles. The van der Waals surface area contributed by atoms with Crippen LogP contribution in [0, 0.1) is 0 Å². The minimum Gasteiger partial charge on any atom is -0.389 e. The van der Waals surface area contributed by atoms with Crippen molar-refractivity contribution < 1.29 is 9.84 Å². The highest BCUT2D eigenvalue weighted by atomic mass is 32.2. The molecule has 1 aromatic rings. The monoisotopic (exact) mass is 379 g/mol. The summed E-state index contributed by atoms with van der Waals surface area (Å²) in [6.45, 7) is 8.63. The summed E-state index contributed by atoms with van der Waals surface area (Å²) in [6, 6.07) is 10.0. The standard InChI is InChI=1S/C20H33N3O2S/c1-4-21-19(23-15-20(3)11-8-12-26-20)22-13-18(24)14-25-16(2)17-9-6-5-7-10-17/h5-7,9-10,16,18,24H,4,8,11-15H2,1-3H3,(H2,21,22,23). The average molecular weight is 380 g/mol. The van der Waals surface area contributed by atoms with Gasteiger partial charge in [0.05, 0.1) is 25.4 Å². The van der Waals surface area contributed by atoms with Gasteiger partial charge in [-0.15, -0.1) is 0 Å². The molecule has 0 saturated carbocycles. The molecule has 6 heteroatoms. The van der Waals surface area contributed by atoms with Crippen molar-refractivity contribution in [3.8, 4) is 0 Å². The lowest BCUT2D eigenvalue weighted by atomic mass is 10.1. The van der Waals surface area contributed by atoms with Crippen LogP contribution >= 0.6 is 11.8 Å². The highest BCUT2D eigenvalue weighted by molar-refractivity contribution is 8.00. The minimum atomic E-state index is -0.582. The van der Waals surface area contributed by atoms with E-state index in [0.717, 1.165) is 24.6 Å². The van der Waals surface area contributed by atoms with Crippen molar-refractivity contribution in [2.45, 2.75) is 50.6 Å². The van der Waals surface area contributed by atoms with E-state index in [9.17, 15) is 5.11 Å². The van der Waals surface area contributed by atoms with Gasteiger partial charge in [0.15, 0.2) is 5.96 Å². The number of aliphatic hydroxyl groups excluding tert-OH is 1. The van der Waals surface area contributed by atoms with Crippen LogP contribution in [0.5, 0.6) is 0 Å². The molecule has 1 fully saturated rings. The molecular weight excluding hydrogens is 346 g/mol. The number of aliphatic hydroxyl groups is 1. The average Bonchev–Trinajstić information content (AvgIpc) is 3.09. The summed E-state index contributed by atoms with van der Waals surface area (Å²) in [5.74, 6) is 1.99. The molecule has 0 bridgehead atoms. The first-order valence-electron chi connectivity index (χ1n) is 9.53. The molecule has 2 rings (SSSR count). The molecule has 1 saturated heterocycles. The van der Waals surface area contributed by atoms with Gasteiger partial charge >= 0.3 is 0 Å². The third kappa shape index (κ3) is 7.17. The highest BCUT2D eigenvalue weighted by Crippen LogP contribution is 2.37. The molecule has 1 aliphatic rings. The van der Waals surface area contributed by atoms with Gasteiger partial charge in [0, 0.05) is 17.8 Å².